The van der Waals surface area contributed by atoms with Crippen molar-refractivity contribution in [2.24, 2.45) is 0 Å². The van der Waals surface area contributed by atoms with Gasteiger partial charge in [-0.1, -0.05) is 6.07 Å². The molecule has 0 radical (unpaired) electrons. The average Bonchev–Trinajstić information content (AvgIpc) is 2.68. The second-order valence-electron chi connectivity index (χ2n) is 5.38. The maximum absolute atomic E-state index is 12.2. The molecular weight excluding hydrogens is 366 g/mol. The number of amides is 1. The number of carbonyl (C=O) groups is 2. The van der Waals surface area contributed by atoms with Gasteiger partial charge in [-0.15, -0.1) is 11.8 Å². The van der Waals surface area contributed by atoms with Crippen LogP contribution in [-0.4, -0.2) is 38.0 Å². The lowest BCUT2D eigenvalue weighted by molar-refractivity contribution is -0.119. The van der Waals surface area contributed by atoms with Crippen LogP contribution in [0.4, 0.5) is 5.69 Å². The second kappa shape index (κ2) is 10.5. The Morgan fingerprint density at radius 2 is 1.74 bits per heavy atom. The van der Waals surface area contributed by atoms with Gasteiger partial charge in [0.05, 0.1) is 18.8 Å². The van der Waals surface area contributed by atoms with Crippen LogP contribution in [0.1, 0.15) is 24.2 Å². The molecule has 0 aliphatic rings. The molecule has 0 heterocycles. The molecule has 1 N–H and O–H groups in total. The Balaban J connectivity index is 1.96. The number of nitrogens with one attached hydrogen (secondary N) is 1. The van der Waals surface area contributed by atoms with Crippen LogP contribution >= 0.6 is 11.8 Å². The molecule has 2 aromatic rings. The lowest BCUT2D eigenvalue weighted by atomic mass is 10.2. The van der Waals surface area contributed by atoms with E-state index in [0.717, 1.165) is 4.90 Å². The molecule has 0 atom stereocenters. The Morgan fingerprint density at radius 1 is 1.00 bits per heavy atom. The van der Waals surface area contributed by atoms with Crippen LogP contribution in [0.15, 0.2) is 47.4 Å². The van der Waals surface area contributed by atoms with Crippen molar-refractivity contribution < 1.29 is 23.8 Å². The predicted octanol–water partition coefficient (Wildman–Crippen LogP) is 4.00. The standard InChI is InChI=1S/C20H23NO5S/c1-4-24-17-10-9-14(11-18(17)25-5-2)20(23)26-13-19(22)21-15-7-6-8-16(12-15)27-3/h6-12H,4-5,13H2,1-3H3,(H,21,22). The fourth-order valence-corrected chi connectivity index (χ4v) is 2.75. The van der Waals surface area contributed by atoms with Gasteiger partial charge >= 0.3 is 5.97 Å². The molecule has 2 rings (SSSR count). The number of esters is 1. The third kappa shape index (κ3) is 6.21. The average molecular weight is 389 g/mol. The molecule has 7 heteroatoms. The first kappa shape index (κ1) is 20.6. The van der Waals surface area contributed by atoms with Gasteiger partial charge in [0.1, 0.15) is 0 Å². The van der Waals surface area contributed by atoms with Crippen molar-refractivity contribution in [3.63, 3.8) is 0 Å². The number of thioether (sulfide) groups is 1. The van der Waals surface area contributed by atoms with Gasteiger partial charge in [-0.25, -0.2) is 4.79 Å². The topological polar surface area (TPSA) is 73.9 Å². The van der Waals surface area contributed by atoms with E-state index in [1.54, 1.807) is 36.0 Å². The highest BCUT2D eigenvalue weighted by atomic mass is 32.2. The van der Waals surface area contributed by atoms with Gasteiger partial charge < -0.3 is 19.5 Å². The van der Waals surface area contributed by atoms with Crippen LogP contribution in [-0.2, 0) is 9.53 Å². The predicted molar refractivity (Wildman–Crippen MR) is 106 cm³/mol. The van der Waals surface area contributed by atoms with Gasteiger partial charge in [0.15, 0.2) is 18.1 Å². The summed E-state index contributed by atoms with van der Waals surface area (Å²) in [7, 11) is 0. The summed E-state index contributed by atoms with van der Waals surface area (Å²) in [6.45, 7) is 4.26. The maximum Gasteiger partial charge on any atom is 0.338 e. The van der Waals surface area contributed by atoms with Gasteiger partial charge in [-0.3, -0.25) is 4.79 Å². The fraction of sp³-hybridized carbons (Fsp3) is 0.300. The van der Waals surface area contributed by atoms with Crippen LogP contribution in [0.5, 0.6) is 11.5 Å². The highest BCUT2D eigenvalue weighted by Crippen LogP contribution is 2.28. The Kier molecular flexibility index (Phi) is 8.00. The normalized spacial score (nSPS) is 10.2. The summed E-state index contributed by atoms with van der Waals surface area (Å²) in [4.78, 5) is 25.3. The summed E-state index contributed by atoms with van der Waals surface area (Å²) < 4.78 is 16.1. The van der Waals surface area contributed by atoms with Gasteiger partial charge in [0.25, 0.3) is 5.91 Å². The van der Waals surface area contributed by atoms with E-state index >= 15 is 0 Å². The van der Waals surface area contributed by atoms with Gasteiger partial charge in [0, 0.05) is 10.6 Å². The van der Waals surface area contributed by atoms with Crippen LogP contribution in [0, 0.1) is 0 Å². The molecular formula is C20H23NO5S. The Bertz CT molecular complexity index is 794. The van der Waals surface area contributed by atoms with E-state index < -0.39 is 11.9 Å². The molecule has 27 heavy (non-hydrogen) atoms. The molecule has 0 aliphatic heterocycles. The van der Waals surface area contributed by atoms with Crippen molar-refractivity contribution in [2.45, 2.75) is 18.7 Å². The van der Waals surface area contributed by atoms with Crippen molar-refractivity contribution in [1.82, 2.24) is 0 Å². The molecule has 0 spiro atoms. The van der Waals surface area contributed by atoms with Crippen LogP contribution < -0.4 is 14.8 Å². The van der Waals surface area contributed by atoms with Crippen molar-refractivity contribution in [3.05, 3.63) is 48.0 Å². The number of carbonyl (C=O) groups excluding carboxylic acids is 2. The Labute approximate surface area is 163 Å². The van der Waals surface area contributed by atoms with E-state index in [4.69, 9.17) is 14.2 Å². The molecule has 0 aliphatic carbocycles. The molecule has 0 bridgehead atoms. The molecule has 0 saturated carbocycles. The number of hydrogen-bond donors (Lipinski definition) is 1. The third-order valence-corrected chi connectivity index (χ3v) is 4.19. The highest BCUT2D eigenvalue weighted by molar-refractivity contribution is 7.98. The minimum atomic E-state index is -0.605. The van der Waals surface area contributed by atoms with E-state index in [0.29, 0.717) is 36.0 Å². The highest BCUT2D eigenvalue weighted by Gasteiger charge is 2.14. The van der Waals surface area contributed by atoms with Crippen molar-refractivity contribution in [1.29, 1.82) is 0 Å². The molecule has 0 fully saturated rings. The first-order chi connectivity index (χ1) is 13.1. The zero-order chi connectivity index (χ0) is 19.6. The lowest BCUT2D eigenvalue weighted by Gasteiger charge is -2.12. The zero-order valence-corrected chi connectivity index (χ0v) is 16.4. The zero-order valence-electron chi connectivity index (χ0n) is 15.6. The number of benzene rings is 2. The van der Waals surface area contributed by atoms with Crippen molar-refractivity contribution in [2.75, 3.05) is 31.4 Å². The number of anilines is 1. The Hall–Kier alpha value is -2.67. The smallest absolute Gasteiger partial charge is 0.338 e. The summed E-state index contributed by atoms with van der Waals surface area (Å²) in [5.74, 6) is 0.0130. The number of hydrogen-bond acceptors (Lipinski definition) is 6. The maximum atomic E-state index is 12.2. The van der Waals surface area contributed by atoms with Crippen molar-refractivity contribution >= 4 is 29.3 Å². The third-order valence-electron chi connectivity index (χ3n) is 3.47. The summed E-state index contributed by atoms with van der Waals surface area (Å²) in [6, 6.07) is 12.2. The molecule has 6 nitrogen and oxygen atoms in total. The first-order valence-electron chi connectivity index (χ1n) is 8.58. The van der Waals surface area contributed by atoms with Gasteiger partial charge in [-0.05, 0) is 56.5 Å². The molecule has 0 saturated heterocycles. The SMILES string of the molecule is CCOc1ccc(C(=O)OCC(=O)Nc2cccc(SC)c2)cc1OCC. The first-order valence-corrected chi connectivity index (χ1v) is 9.80. The van der Waals surface area contributed by atoms with E-state index in [9.17, 15) is 9.59 Å². The van der Waals surface area contributed by atoms with Crippen molar-refractivity contribution in [3.8, 4) is 11.5 Å². The molecule has 144 valence electrons. The largest absolute Gasteiger partial charge is 0.490 e. The molecule has 2 aromatic carbocycles. The number of rotatable bonds is 9. The second-order valence-corrected chi connectivity index (χ2v) is 6.26. The minimum Gasteiger partial charge on any atom is -0.490 e. The van der Waals surface area contributed by atoms with Gasteiger partial charge in [-0.2, -0.15) is 0 Å². The summed E-state index contributed by atoms with van der Waals surface area (Å²) in [5.41, 5.74) is 0.946. The number of ether oxygens (including phenoxy) is 3. The quantitative estimate of drug-likeness (QED) is 0.516. The molecule has 1 amide bonds. The molecule has 0 unspecified atom stereocenters. The summed E-state index contributed by atoms with van der Waals surface area (Å²) >= 11 is 1.58. The lowest BCUT2D eigenvalue weighted by Crippen LogP contribution is -2.21. The summed E-state index contributed by atoms with van der Waals surface area (Å²) in [6.07, 6.45) is 1.95. The summed E-state index contributed by atoms with van der Waals surface area (Å²) in [5, 5.41) is 2.71. The van der Waals surface area contributed by atoms with E-state index in [1.807, 2.05) is 38.3 Å². The minimum absolute atomic E-state index is 0.291. The Morgan fingerprint density at radius 3 is 2.44 bits per heavy atom. The molecule has 0 aromatic heterocycles. The van der Waals surface area contributed by atoms with E-state index in [2.05, 4.69) is 5.32 Å². The van der Waals surface area contributed by atoms with Crippen LogP contribution in [0.2, 0.25) is 0 Å². The van der Waals surface area contributed by atoms with Crippen LogP contribution in [0.3, 0.4) is 0 Å². The monoisotopic (exact) mass is 389 g/mol. The van der Waals surface area contributed by atoms with E-state index in [-0.39, 0.29) is 6.61 Å². The van der Waals surface area contributed by atoms with E-state index in [1.165, 1.54) is 0 Å². The van der Waals surface area contributed by atoms with Crippen LogP contribution in [0.25, 0.3) is 0 Å². The van der Waals surface area contributed by atoms with Gasteiger partial charge in [0.2, 0.25) is 0 Å². The fourth-order valence-electron chi connectivity index (χ4n) is 2.29.